The van der Waals surface area contributed by atoms with Crippen LogP contribution in [0.1, 0.15) is 36.0 Å². The lowest BCUT2D eigenvalue weighted by molar-refractivity contribution is 0.0998. The number of thiazole rings is 1. The lowest BCUT2D eigenvalue weighted by Crippen LogP contribution is -2.31. The van der Waals surface area contributed by atoms with Crippen LogP contribution in [-0.4, -0.2) is 50.5 Å². The second-order valence-electron chi connectivity index (χ2n) is 7.88. The molecule has 176 valence electrons. The van der Waals surface area contributed by atoms with Crippen LogP contribution in [0.15, 0.2) is 46.3 Å². The number of amides is 1. The van der Waals surface area contributed by atoms with E-state index >= 15 is 0 Å². The molecule has 0 bridgehead atoms. The molecule has 3 aromatic rings. The Morgan fingerprint density at radius 3 is 2.27 bits per heavy atom. The summed E-state index contributed by atoms with van der Waals surface area (Å²) in [5.74, 6) is 0.835. The molecule has 8 nitrogen and oxygen atoms in total. The van der Waals surface area contributed by atoms with Crippen LogP contribution in [0, 0.1) is 0 Å². The highest BCUT2D eigenvalue weighted by Gasteiger charge is 2.25. The van der Waals surface area contributed by atoms with Gasteiger partial charge in [0, 0.05) is 31.8 Å². The maximum Gasteiger partial charge on any atom is 0.279 e. The summed E-state index contributed by atoms with van der Waals surface area (Å²) in [6, 6.07) is 9.67. The monoisotopic (exact) mass is 489 g/mol. The van der Waals surface area contributed by atoms with Crippen molar-refractivity contribution < 1.29 is 22.7 Å². The van der Waals surface area contributed by atoms with Crippen LogP contribution in [0.4, 0.5) is 0 Å². The van der Waals surface area contributed by atoms with Crippen LogP contribution >= 0.6 is 11.3 Å². The summed E-state index contributed by atoms with van der Waals surface area (Å²) in [5, 5.41) is 0. The summed E-state index contributed by atoms with van der Waals surface area (Å²) in [7, 11) is 1.42. The fourth-order valence-corrected chi connectivity index (χ4v) is 6.53. The van der Waals surface area contributed by atoms with Crippen molar-refractivity contribution in [1.29, 1.82) is 0 Å². The van der Waals surface area contributed by atoms with Crippen molar-refractivity contribution in [1.82, 2.24) is 8.87 Å². The van der Waals surface area contributed by atoms with Crippen molar-refractivity contribution in [3.8, 4) is 11.5 Å². The molecular weight excluding hydrogens is 462 g/mol. The van der Waals surface area contributed by atoms with E-state index in [9.17, 15) is 13.2 Å². The molecule has 0 aliphatic carbocycles. The second kappa shape index (κ2) is 9.66. The van der Waals surface area contributed by atoms with E-state index in [1.54, 1.807) is 29.2 Å². The standard InChI is InChI=1S/C23H27N3O5S2/c1-25-21-19(31-3)14-17(30-2)15-20(21)32-23(25)24-22(27)16-8-10-18(11-9-16)33(28,29)26-12-6-4-5-7-13-26/h8-11,14-15H,4-7,12-13H2,1-3H3. The minimum Gasteiger partial charge on any atom is -0.497 e. The summed E-state index contributed by atoms with van der Waals surface area (Å²) in [6.45, 7) is 1.07. The summed E-state index contributed by atoms with van der Waals surface area (Å²) < 4.78 is 40.9. The molecule has 0 atom stereocenters. The average molecular weight is 490 g/mol. The minimum atomic E-state index is -3.56. The Bertz CT molecular complexity index is 1330. The van der Waals surface area contributed by atoms with Crippen molar-refractivity contribution in [3.63, 3.8) is 0 Å². The lowest BCUT2D eigenvalue weighted by atomic mass is 10.2. The number of ether oxygens (including phenoxy) is 2. The molecule has 0 N–H and O–H groups in total. The molecule has 33 heavy (non-hydrogen) atoms. The predicted octanol–water partition coefficient (Wildman–Crippen LogP) is 3.56. The quantitative estimate of drug-likeness (QED) is 0.547. The maximum atomic E-state index is 13.0. The van der Waals surface area contributed by atoms with Crippen LogP contribution in [-0.2, 0) is 17.1 Å². The third kappa shape index (κ3) is 4.68. The first kappa shape index (κ1) is 23.5. The van der Waals surface area contributed by atoms with Gasteiger partial charge in [-0.2, -0.15) is 9.30 Å². The van der Waals surface area contributed by atoms with Gasteiger partial charge in [0.2, 0.25) is 10.0 Å². The number of carbonyl (C=O) groups is 1. The van der Waals surface area contributed by atoms with Crippen molar-refractivity contribution in [2.45, 2.75) is 30.6 Å². The molecule has 1 saturated heterocycles. The van der Waals surface area contributed by atoms with Gasteiger partial charge < -0.3 is 14.0 Å². The van der Waals surface area contributed by atoms with Crippen LogP contribution in [0.2, 0.25) is 0 Å². The van der Waals surface area contributed by atoms with E-state index in [0.717, 1.165) is 35.9 Å². The largest absolute Gasteiger partial charge is 0.497 e. The number of aryl methyl sites for hydroxylation is 1. The highest BCUT2D eigenvalue weighted by Crippen LogP contribution is 2.32. The van der Waals surface area contributed by atoms with E-state index in [0.29, 0.717) is 35.0 Å². The molecule has 4 rings (SSSR count). The van der Waals surface area contributed by atoms with E-state index in [2.05, 4.69) is 4.99 Å². The highest BCUT2D eigenvalue weighted by atomic mass is 32.2. The number of sulfonamides is 1. The molecule has 1 fully saturated rings. The number of hydrogen-bond acceptors (Lipinski definition) is 6. The summed E-state index contributed by atoms with van der Waals surface area (Å²) in [4.78, 5) is 17.8. The van der Waals surface area contributed by atoms with Gasteiger partial charge in [0.25, 0.3) is 5.91 Å². The van der Waals surface area contributed by atoms with Gasteiger partial charge >= 0.3 is 0 Å². The average Bonchev–Trinajstić information content (AvgIpc) is 3.00. The molecule has 10 heteroatoms. The number of carbonyl (C=O) groups excluding carboxylic acids is 1. The molecule has 0 saturated carbocycles. The zero-order valence-electron chi connectivity index (χ0n) is 18.9. The highest BCUT2D eigenvalue weighted by molar-refractivity contribution is 7.89. The van der Waals surface area contributed by atoms with Crippen molar-refractivity contribution >= 4 is 37.5 Å². The number of methoxy groups -OCH3 is 2. The molecule has 1 aromatic heterocycles. The number of benzene rings is 2. The molecule has 1 amide bonds. The SMILES string of the molecule is COc1cc(OC)c2c(c1)sc(=NC(=O)c1ccc(S(=O)(=O)N3CCCCCC3)cc1)n2C. The zero-order chi connectivity index (χ0) is 23.6. The van der Waals surface area contributed by atoms with Gasteiger partial charge in [-0.15, -0.1) is 0 Å². The Morgan fingerprint density at radius 1 is 1.00 bits per heavy atom. The molecule has 2 heterocycles. The molecule has 0 radical (unpaired) electrons. The van der Waals surface area contributed by atoms with Gasteiger partial charge in [-0.1, -0.05) is 24.2 Å². The number of nitrogens with zero attached hydrogens (tertiary/aromatic N) is 3. The topological polar surface area (TPSA) is 90.2 Å². The second-order valence-corrected chi connectivity index (χ2v) is 10.8. The van der Waals surface area contributed by atoms with E-state index < -0.39 is 15.9 Å². The lowest BCUT2D eigenvalue weighted by Gasteiger charge is -2.19. The van der Waals surface area contributed by atoms with Crippen molar-refractivity contribution in [2.75, 3.05) is 27.3 Å². The fourth-order valence-electron chi connectivity index (χ4n) is 3.95. The number of rotatable bonds is 5. The predicted molar refractivity (Wildman–Crippen MR) is 127 cm³/mol. The maximum absolute atomic E-state index is 13.0. The Morgan fingerprint density at radius 2 is 1.67 bits per heavy atom. The molecule has 2 aromatic carbocycles. The summed E-state index contributed by atoms with van der Waals surface area (Å²) >= 11 is 1.35. The first-order chi connectivity index (χ1) is 15.8. The Kier molecular flexibility index (Phi) is 6.87. The first-order valence-electron chi connectivity index (χ1n) is 10.8. The number of aromatic nitrogens is 1. The molecular formula is C23H27N3O5S2. The van der Waals surface area contributed by atoms with Gasteiger partial charge in [0.15, 0.2) is 4.80 Å². The third-order valence-corrected chi connectivity index (χ3v) is 8.79. The minimum absolute atomic E-state index is 0.199. The van der Waals surface area contributed by atoms with Crippen molar-refractivity contribution in [2.24, 2.45) is 12.0 Å². The smallest absolute Gasteiger partial charge is 0.279 e. The van der Waals surface area contributed by atoms with E-state index in [1.807, 2.05) is 13.1 Å². The summed E-state index contributed by atoms with van der Waals surface area (Å²) in [6.07, 6.45) is 3.85. The van der Waals surface area contributed by atoms with Gasteiger partial charge in [-0.05, 0) is 43.2 Å². The Hall–Kier alpha value is -2.69. The zero-order valence-corrected chi connectivity index (χ0v) is 20.5. The molecule has 0 spiro atoms. The third-order valence-electron chi connectivity index (χ3n) is 5.79. The van der Waals surface area contributed by atoms with E-state index in [-0.39, 0.29) is 4.90 Å². The molecule has 1 aliphatic heterocycles. The Labute approximate surface area is 197 Å². The normalized spacial score (nSPS) is 16.0. The van der Waals surface area contributed by atoms with Gasteiger partial charge in [0.05, 0.1) is 23.8 Å². The van der Waals surface area contributed by atoms with E-state index in [4.69, 9.17) is 9.47 Å². The van der Waals surface area contributed by atoms with Crippen LogP contribution < -0.4 is 14.3 Å². The molecule has 0 unspecified atom stereocenters. The van der Waals surface area contributed by atoms with E-state index in [1.165, 1.54) is 35.6 Å². The van der Waals surface area contributed by atoms with Gasteiger partial charge in [-0.3, -0.25) is 4.79 Å². The van der Waals surface area contributed by atoms with Gasteiger partial charge in [0.1, 0.15) is 17.0 Å². The van der Waals surface area contributed by atoms with Gasteiger partial charge in [-0.25, -0.2) is 8.42 Å². The van der Waals surface area contributed by atoms with Crippen LogP contribution in [0.25, 0.3) is 10.2 Å². The Balaban J connectivity index is 1.64. The summed E-state index contributed by atoms with van der Waals surface area (Å²) in [5.41, 5.74) is 1.14. The van der Waals surface area contributed by atoms with Crippen molar-refractivity contribution in [3.05, 3.63) is 46.8 Å². The van der Waals surface area contributed by atoms with Crippen LogP contribution in [0.5, 0.6) is 11.5 Å². The number of fused-ring (bicyclic) bond motifs is 1. The van der Waals surface area contributed by atoms with Crippen LogP contribution in [0.3, 0.4) is 0 Å². The molecule has 1 aliphatic rings. The first-order valence-corrected chi connectivity index (χ1v) is 13.0. The number of hydrogen-bond donors (Lipinski definition) is 0. The fraction of sp³-hybridized carbons (Fsp3) is 0.391.